The molecule has 0 aliphatic heterocycles. The summed E-state index contributed by atoms with van der Waals surface area (Å²) in [5.74, 6) is -0.847. The molecule has 0 aromatic heterocycles. The average Bonchev–Trinajstić information content (AvgIpc) is 2.17. The molecule has 1 amide bonds. The standard InChI is InChI=1S/C10H10Cl2FNO/c1-6(5-11)14-10(15)8-3-2-7(12)4-9(8)13/h2-4,6H,5H2,1H3,(H,14,15). The SMILES string of the molecule is CC(CCl)NC(=O)c1ccc(Cl)cc1F. The number of carbonyl (C=O) groups excluding carboxylic acids is 1. The molecule has 1 aromatic carbocycles. The van der Waals surface area contributed by atoms with E-state index in [0.29, 0.717) is 0 Å². The maximum absolute atomic E-state index is 13.3. The molecule has 82 valence electrons. The highest BCUT2D eigenvalue weighted by molar-refractivity contribution is 6.30. The van der Waals surface area contributed by atoms with Gasteiger partial charge in [-0.3, -0.25) is 4.79 Å². The first-order chi connectivity index (χ1) is 7.04. The van der Waals surface area contributed by atoms with E-state index < -0.39 is 11.7 Å². The van der Waals surface area contributed by atoms with Gasteiger partial charge in [0, 0.05) is 16.9 Å². The molecule has 1 unspecified atom stereocenters. The molecule has 5 heteroatoms. The van der Waals surface area contributed by atoms with E-state index in [1.165, 1.54) is 12.1 Å². The van der Waals surface area contributed by atoms with Gasteiger partial charge in [-0.15, -0.1) is 11.6 Å². The van der Waals surface area contributed by atoms with Crippen LogP contribution in [0.2, 0.25) is 5.02 Å². The molecule has 0 aliphatic rings. The first-order valence-corrected chi connectivity index (χ1v) is 5.27. The molecule has 0 saturated carbocycles. The Balaban J connectivity index is 2.82. The highest BCUT2D eigenvalue weighted by Crippen LogP contribution is 2.14. The zero-order chi connectivity index (χ0) is 11.4. The first-order valence-electron chi connectivity index (χ1n) is 4.36. The second-order valence-electron chi connectivity index (χ2n) is 3.15. The minimum absolute atomic E-state index is 0.0311. The van der Waals surface area contributed by atoms with E-state index in [9.17, 15) is 9.18 Å². The number of carbonyl (C=O) groups is 1. The minimum atomic E-state index is -0.637. The van der Waals surface area contributed by atoms with Crippen LogP contribution in [0.3, 0.4) is 0 Å². The quantitative estimate of drug-likeness (QED) is 0.821. The Labute approximate surface area is 97.4 Å². The Kier molecular flexibility index (Phi) is 4.36. The fraction of sp³-hybridized carbons (Fsp3) is 0.300. The fourth-order valence-corrected chi connectivity index (χ4v) is 1.25. The zero-order valence-electron chi connectivity index (χ0n) is 8.06. The Morgan fingerprint density at radius 1 is 1.60 bits per heavy atom. The summed E-state index contributed by atoms with van der Waals surface area (Å²) in [6, 6.07) is 3.70. The maximum Gasteiger partial charge on any atom is 0.254 e. The van der Waals surface area contributed by atoms with Crippen LogP contribution >= 0.6 is 23.2 Å². The molecule has 1 atom stereocenters. The molecule has 2 nitrogen and oxygen atoms in total. The molecule has 1 rings (SSSR count). The van der Waals surface area contributed by atoms with Crippen molar-refractivity contribution in [3.05, 3.63) is 34.6 Å². The van der Waals surface area contributed by atoms with E-state index in [1.807, 2.05) is 0 Å². The van der Waals surface area contributed by atoms with Crippen molar-refractivity contribution in [1.29, 1.82) is 0 Å². The molecule has 1 N–H and O–H groups in total. The molecule has 0 spiro atoms. The predicted octanol–water partition coefficient (Wildman–Crippen LogP) is 2.84. The normalized spacial score (nSPS) is 12.3. The Hall–Kier alpha value is -0.800. The predicted molar refractivity (Wildman–Crippen MR) is 59.1 cm³/mol. The van der Waals surface area contributed by atoms with Crippen molar-refractivity contribution < 1.29 is 9.18 Å². The number of halogens is 3. The van der Waals surface area contributed by atoms with Gasteiger partial charge in [-0.1, -0.05) is 11.6 Å². The van der Waals surface area contributed by atoms with Gasteiger partial charge in [0.2, 0.25) is 0 Å². The van der Waals surface area contributed by atoms with E-state index in [2.05, 4.69) is 5.32 Å². The van der Waals surface area contributed by atoms with Crippen molar-refractivity contribution in [2.75, 3.05) is 5.88 Å². The lowest BCUT2D eigenvalue weighted by Gasteiger charge is -2.10. The third-order valence-corrected chi connectivity index (χ3v) is 2.48. The van der Waals surface area contributed by atoms with Gasteiger partial charge in [-0.25, -0.2) is 4.39 Å². The molecule has 1 aromatic rings. The lowest BCUT2D eigenvalue weighted by atomic mass is 10.2. The highest BCUT2D eigenvalue weighted by atomic mass is 35.5. The molecular formula is C10H10Cl2FNO. The van der Waals surface area contributed by atoms with Gasteiger partial charge in [-0.05, 0) is 25.1 Å². The van der Waals surface area contributed by atoms with Gasteiger partial charge in [-0.2, -0.15) is 0 Å². The molecule has 0 fully saturated rings. The van der Waals surface area contributed by atoms with Crippen molar-refractivity contribution in [3.63, 3.8) is 0 Å². The van der Waals surface area contributed by atoms with Gasteiger partial charge >= 0.3 is 0 Å². The Bertz CT molecular complexity index is 370. The molecular weight excluding hydrogens is 240 g/mol. The molecule has 15 heavy (non-hydrogen) atoms. The van der Waals surface area contributed by atoms with Crippen LogP contribution in [0.1, 0.15) is 17.3 Å². The number of nitrogens with one attached hydrogen (secondary N) is 1. The summed E-state index contributed by atoms with van der Waals surface area (Å²) in [6.45, 7) is 1.73. The van der Waals surface area contributed by atoms with Gasteiger partial charge in [0.25, 0.3) is 5.91 Å². The van der Waals surface area contributed by atoms with Crippen LogP contribution in [0, 0.1) is 5.82 Å². The lowest BCUT2D eigenvalue weighted by molar-refractivity contribution is 0.0939. The number of rotatable bonds is 3. The summed E-state index contributed by atoms with van der Waals surface area (Å²) in [5.41, 5.74) is -0.0311. The third-order valence-electron chi connectivity index (χ3n) is 1.78. The van der Waals surface area contributed by atoms with Gasteiger partial charge < -0.3 is 5.32 Å². The number of amides is 1. The van der Waals surface area contributed by atoms with Crippen LogP contribution in [0.25, 0.3) is 0 Å². The van der Waals surface area contributed by atoms with Crippen LogP contribution < -0.4 is 5.32 Å². The van der Waals surface area contributed by atoms with E-state index in [4.69, 9.17) is 23.2 Å². The second-order valence-corrected chi connectivity index (χ2v) is 3.90. The van der Waals surface area contributed by atoms with Crippen molar-refractivity contribution in [1.82, 2.24) is 5.32 Å². The van der Waals surface area contributed by atoms with Crippen LogP contribution in [0.5, 0.6) is 0 Å². The van der Waals surface area contributed by atoms with Crippen molar-refractivity contribution in [3.8, 4) is 0 Å². The van der Waals surface area contributed by atoms with Crippen LogP contribution in [0.4, 0.5) is 4.39 Å². The number of hydrogen-bond acceptors (Lipinski definition) is 1. The third kappa shape index (κ3) is 3.36. The van der Waals surface area contributed by atoms with E-state index in [0.717, 1.165) is 6.07 Å². The monoisotopic (exact) mass is 249 g/mol. The molecule has 0 aliphatic carbocycles. The van der Waals surface area contributed by atoms with Crippen LogP contribution in [0.15, 0.2) is 18.2 Å². The maximum atomic E-state index is 13.3. The summed E-state index contributed by atoms with van der Waals surface area (Å²) in [4.78, 5) is 11.5. The highest BCUT2D eigenvalue weighted by Gasteiger charge is 2.13. The summed E-state index contributed by atoms with van der Waals surface area (Å²) >= 11 is 11.1. The van der Waals surface area contributed by atoms with E-state index >= 15 is 0 Å². The largest absolute Gasteiger partial charge is 0.348 e. The van der Waals surface area contributed by atoms with E-state index in [1.54, 1.807) is 6.92 Å². The summed E-state index contributed by atoms with van der Waals surface area (Å²) in [5, 5.41) is 2.81. The van der Waals surface area contributed by atoms with Crippen molar-refractivity contribution in [2.24, 2.45) is 0 Å². The Morgan fingerprint density at radius 2 is 2.27 bits per heavy atom. The zero-order valence-corrected chi connectivity index (χ0v) is 9.57. The lowest BCUT2D eigenvalue weighted by Crippen LogP contribution is -2.34. The van der Waals surface area contributed by atoms with Crippen LogP contribution in [-0.2, 0) is 0 Å². The fourth-order valence-electron chi connectivity index (χ4n) is 1.01. The first kappa shape index (κ1) is 12.3. The van der Waals surface area contributed by atoms with Gasteiger partial charge in [0.05, 0.1) is 5.56 Å². The smallest absolute Gasteiger partial charge is 0.254 e. The Morgan fingerprint density at radius 3 is 2.80 bits per heavy atom. The molecule has 0 radical (unpaired) electrons. The number of benzene rings is 1. The molecule has 0 heterocycles. The molecule has 0 saturated heterocycles. The van der Waals surface area contributed by atoms with E-state index in [-0.39, 0.29) is 22.5 Å². The van der Waals surface area contributed by atoms with Crippen molar-refractivity contribution >= 4 is 29.1 Å². The topological polar surface area (TPSA) is 29.1 Å². The summed E-state index contributed by atoms with van der Waals surface area (Å²) < 4.78 is 13.3. The second kappa shape index (κ2) is 5.33. The van der Waals surface area contributed by atoms with Gasteiger partial charge in [0.1, 0.15) is 5.82 Å². The average molecular weight is 250 g/mol. The minimum Gasteiger partial charge on any atom is -0.348 e. The van der Waals surface area contributed by atoms with Crippen molar-refractivity contribution in [2.45, 2.75) is 13.0 Å². The number of hydrogen-bond donors (Lipinski definition) is 1. The van der Waals surface area contributed by atoms with Crippen LogP contribution in [-0.4, -0.2) is 17.8 Å². The number of alkyl halides is 1. The summed E-state index contributed by atoms with van der Waals surface area (Å²) in [6.07, 6.45) is 0. The van der Waals surface area contributed by atoms with Gasteiger partial charge in [0.15, 0.2) is 0 Å². The summed E-state index contributed by atoms with van der Waals surface area (Å²) in [7, 11) is 0. The molecule has 0 bridgehead atoms.